The fourth-order valence-electron chi connectivity index (χ4n) is 3.18. The topological polar surface area (TPSA) is 52.2 Å². The van der Waals surface area contributed by atoms with E-state index in [-0.39, 0.29) is 11.5 Å². The number of H-pyrrole nitrogens is 1. The molecule has 6 heteroatoms. The van der Waals surface area contributed by atoms with Gasteiger partial charge in [-0.25, -0.2) is 8.78 Å². The molecule has 2 heterocycles. The summed E-state index contributed by atoms with van der Waals surface area (Å²) in [5.74, 6) is -1.12. The SMILES string of the molecule is Cc1cn[nH]c1CN1CCC(C(O)c2cc(F)ccc2F)CC1. The highest BCUT2D eigenvalue weighted by Crippen LogP contribution is 2.32. The molecule has 0 radical (unpaired) electrons. The first-order chi connectivity index (χ1) is 11.0. The van der Waals surface area contributed by atoms with Crippen molar-refractivity contribution in [3.05, 3.63) is 52.9 Å². The van der Waals surface area contributed by atoms with Gasteiger partial charge in [0, 0.05) is 12.1 Å². The highest BCUT2D eigenvalue weighted by molar-refractivity contribution is 5.22. The highest BCUT2D eigenvalue weighted by atomic mass is 19.1. The molecule has 4 nitrogen and oxygen atoms in total. The zero-order chi connectivity index (χ0) is 16.4. The second-order valence-electron chi connectivity index (χ2n) is 6.26. The number of nitrogens with one attached hydrogen (secondary N) is 1. The summed E-state index contributed by atoms with van der Waals surface area (Å²) in [6.07, 6.45) is 2.36. The maximum Gasteiger partial charge on any atom is 0.129 e. The average Bonchev–Trinajstić information content (AvgIpc) is 2.95. The number of likely N-dealkylation sites (tertiary alicyclic amines) is 1. The van der Waals surface area contributed by atoms with Crippen LogP contribution in [-0.4, -0.2) is 33.3 Å². The van der Waals surface area contributed by atoms with Crippen molar-refractivity contribution < 1.29 is 13.9 Å². The number of aliphatic hydroxyl groups is 1. The van der Waals surface area contributed by atoms with E-state index in [4.69, 9.17) is 0 Å². The second kappa shape index (κ2) is 6.76. The maximum absolute atomic E-state index is 13.8. The van der Waals surface area contributed by atoms with E-state index in [0.717, 1.165) is 61.9 Å². The van der Waals surface area contributed by atoms with Gasteiger partial charge >= 0.3 is 0 Å². The zero-order valence-corrected chi connectivity index (χ0v) is 13.1. The lowest BCUT2D eigenvalue weighted by molar-refractivity contribution is 0.0538. The molecule has 2 N–H and O–H groups in total. The number of aliphatic hydroxyl groups excluding tert-OH is 1. The second-order valence-corrected chi connectivity index (χ2v) is 6.26. The van der Waals surface area contributed by atoms with Crippen LogP contribution in [0.25, 0.3) is 0 Å². The lowest BCUT2D eigenvalue weighted by atomic mass is 9.87. The molecule has 23 heavy (non-hydrogen) atoms. The zero-order valence-electron chi connectivity index (χ0n) is 13.1. The minimum Gasteiger partial charge on any atom is -0.388 e. The van der Waals surface area contributed by atoms with Crippen molar-refractivity contribution in [1.82, 2.24) is 15.1 Å². The van der Waals surface area contributed by atoms with Gasteiger partial charge in [0.1, 0.15) is 11.6 Å². The van der Waals surface area contributed by atoms with Crippen molar-refractivity contribution in [3.63, 3.8) is 0 Å². The first-order valence-electron chi connectivity index (χ1n) is 7.89. The van der Waals surface area contributed by atoms with E-state index in [1.54, 1.807) is 6.20 Å². The van der Waals surface area contributed by atoms with Gasteiger partial charge in [-0.15, -0.1) is 0 Å². The van der Waals surface area contributed by atoms with Crippen molar-refractivity contribution in [3.8, 4) is 0 Å². The normalized spacial score (nSPS) is 18.3. The van der Waals surface area contributed by atoms with Crippen molar-refractivity contribution >= 4 is 0 Å². The Morgan fingerprint density at radius 3 is 2.74 bits per heavy atom. The molecule has 0 amide bonds. The van der Waals surface area contributed by atoms with E-state index in [1.807, 2.05) is 6.92 Å². The smallest absolute Gasteiger partial charge is 0.129 e. The largest absolute Gasteiger partial charge is 0.388 e. The molecule has 1 unspecified atom stereocenters. The third-order valence-corrected chi connectivity index (χ3v) is 4.67. The number of hydrogen-bond acceptors (Lipinski definition) is 3. The van der Waals surface area contributed by atoms with Crippen LogP contribution < -0.4 is 0 Å². The summed E-state index contributed by atoms with van der Waals surface area (Å²) in [6, 6.07) is 3.24. The van der Waals surface area contributed by atoms with E-state index in [0.29, 0.717) is 0 Å². The van der Waals surface area contributed by atoms with Gasteiger partial charge in [0.05, 0.1) is 18.0 Å². The molecule has 124 valence electrons. The first-order valence-corrected chi connectivity index (χ1v) is 7.89. The number of aromatic nitrogens is 2. The Morgan fingerprint density at radius 1 is 1.35 bits per heavy atom. The number of hydrogen-bond donors (Lipinski definition) is 2. The first kappa shape index (κ1) is 16.1. The summed E-state index contributed by atoms with van der Waals surface area (Å²) in [5, 5.41) is 17.4. The van der Waals surface area contributed by atoms with Crippen molar-refractivity contribution in [2.45, 2.75) is 32.4 Å². The molecule has 0 bridgehead atoms. The molecular formula is C17H21F2N3O. The van der Waals surface area contributed by atoms with Gasteiger partial charge in [0.25, 0.3) is 0 Å². The van der Waals surface area contributed by atoms with Gasteiger partial charge < -0.3 is 5.11 Å². The molecular weight excluding hydrogens is 300 g/mol. The van der Waals surface area contributed by atoms with Crippen LogP contribution in [0.1, 0.15) is 35.8 Å². The van der Waals surface area contributed by atoms with E-state index >= 15 is 0 Å². The number of halogens is 2. The Bertz CT molecular complexity index is 666. The molecule has 1 aromatic heterocycles. The summed E-state index contributed by atoms with van der Waals surface area (Å²) in [5.41, 5.74) is 2.29. The molecule has 3 rings (SSSR count). The Morgan fingerprint density at radius 2 is 2.09 bits per heavy atom. The van der Waals surface area contributed by atoms with Gasteiger partial charge in [-0.05, 0) is 62.5 Å². The molecule has 1 aliphatic heterocycles. The Labute approximate surface area is 134 Å². The monoisotopic (exact) mass is 321 g/mol. The van der Waals surface area contributed by atoms with Gasteiger partial charge in [0.2, 0.25) is 0 Å². The number of piperidine rings is 1. The molecule has 1 saturated heterocycles. The summed E-state index contributed by atoms with van der Waals surface area (Å²) in [4.78, 5) is 2.28. The summed E-state index contributed by atoms with van der Waals surface area (Å²) < 4.78 is 27.1. The van der Waals surface area contributed by atoms with Gasteiger partial charge in [-0.1, -0.05) is 0 Å². The van der Waals surface area contributed by atoms with Crippen LogP contribution in [0.15, 0.2) is 24.4 Å². The van der Waals surface area contributed by atoms with Crippen LogP contribution in [0.4, 0.5) is 8.78 Å². The molecule has 0 saturated carbocycles. The quantitative estimate of drug-likeness (QED) is 0.910. The Hall–Kier alpha value is -1.79. The van der Waals surface area contributed by atoms with Gasteiger partial charge in [0.15, 0.2) is 0 Å². The van der Waals surface area contributed by atoms with E-state index in [2.05, 4.69) is 15.1 Å². The number of aryl methyl sites for hydroxylation is 1. The number of rotatable bonds is 4. The predicted molar refractivity (Wildman–Crippen MR) is 82.6 cm³/mol. The van der Waals surface area contributed by atoms with E-state index in [9.17, 15) is 13.9 Å². The highest BCUT2D eigenvalue weighted by Gasteiger charge is 2.28. The maximum atomic E-state index is 13.8. The fourth-order valence-corrected chi connectivity index (χ4v) is 3.18. The Kier molecular flexibility index (Phi) is 4.73. The molecule has 1 fully saturated rings. The van der Waals surface area contributed by atoms with Crippen LogP contribution in [0.5, 0.6) is 0 Å². The molecule has 2 aromatic rings. The van der Waals surface area contributed by atoms with Crippen LogP contribution >= 0.6 is 0 Å². The van der Waals surface area contributed by atoms with E-state index in [1.165, 1.54) is 0 Å². The average molecular weight is 321 g/mol. The lowest BCUT2D eigenvalue weighted by Gasteiger charge is -2.34. The number of benzene rings is 1. The van der Waals surface area contributed by atoms with Crippen LogP contribution in [0.3, 0.4) is 0 Å². The van der Waals surface area contributed by atoms with Gasteiger partial charge in [-0.3, -0.25) is 10.00 Å². The number of nitrogens with zero attached hydrogens (tertiary/aromatic N) is 2. The van der Waals surface area contributed by atoms with Crippen LogP contribution in [0, 0.1) is 24.5 Å². The summed E-state index contributed by atoms with van der Waals surface area (Å²) >= 11 is 0. The molecule has 0 aliphatic carbocycles. The summed E-state index contributed by atoms with van der Waals surface area (Å²) in [6.45, 7) is 4.44. The van der Waals surface area contributed by atoms with Crippen molar-refractivity contribution in [2.24, 2.45) is 5.92 Å². The van der Waals surface area contributed by atoms with Crippen molar-refractivity contribution in [2.75, 3.05) is 13.1 Å². The van der Waals surface area contributed by atoms with Crippen molar-refractivity contribution in [1.29, 1.82) is 0 Å². The predicted octanol–water partition coefficient (Wildman–Crippen LogP) is 2.94. The standard InChI is InChI=1S/C17H21F2N3O/c1-11-9-20-21-16(11)10-22-6-4-12(5-7-22)17(23)14-8-13(18)2-3-15(14)19/h2-3,8-9,12,17,23H,4-7,10H2,1H3,(H,20,21). The Balaban J connectivity index is 1.60. The third-order valence-electron chi connectivity index (χ3n) is 4.67. The van der Waals surface area contributed by atoms with Crippen LogP contribution in [0.2, 0.25) is 0 Å². The molecule has 0 spiro atoms. The van der Waals surface area contributed by atoms with Crippen LogP contribution in [-0.2, 0) is 6.54 Å². The molecule has 1 aromatic carbocycles. The molecule has 1 atom stereocenters. The van der Waals surface area contributed by atoms with E-state index < -0.39 is 17.7 Å². The van der Waals surface area contributed by atoms with Gasteiger partial charge in [-0.2, -0.15) is 5.10 Å². The lowest BCUT2D eigenvalue weighted by Crippen LogP contribution is -2.35. The fraction of sp³-hybridized carbons (Fsp3) is 0.471. The summed E-state index contributed by atoms with van der Waals surface area (Å²) in [7, 11) is 0. The third kappa shape index (κ3) is 3.59. The minimum atomic E-state index is -0.957. The number of aromatic amines is 1. The molecule has 1 aliphatic rings. The minimum absolute atomic E-state index is 0.0505.